The lowest BCUT2D eigenvalue weighted by molar-refractivity contribution is -0.311. The minimum Gasteiger partial charge on any atom is -0.393 e. The van der Waals surface area contributed by atoms with Crippen LogP contribution in [-0.4, -0.2) is 70.9 Å². The Morgan fingerprint density at radius 3 is 2.27 bits per heavy atom. The Balaban J connectivity index is 2.91. The first kappa shape index (κ1) is 12.8. The van der Waals surface area contributed by atoms with Crippen molar-refractivity contribution in [3.05, 3.63) is 0 Å². The first-order valence-electron chi connectivity index (χ1n) is 4.56. The monoisotopic (exact) mass is 223 g/mol. The topological polar surface area (TPSA) is 125 Å². The van der Waals surface area contributed by atoms with Crippen LogP contribution in [0.25, 0.3) is 0 Å². The third-order valence-corrected chi connectivity index (χ3v) is 2.69. The van der Waals surface area contributed by atoms with Crippen molar-refractivity contribution in [1.29, 1.82) is 0 Å². The smallest absolute Gasteiger partial charge is 0.175 e. The van der Waals surface area contributed by atoms with Gasteiger partial charge >= 0.3 is 0 Å². The number of rotatable bonds is 3. The maximum Gasteiger partial charge on any atom is 0.175 e. The average Bonchev–Trinajstić information content (AvgIpc) is 2.27. The largest absolute Gasteiger partial charge is 0.393 e. The minimum atomic E-state index is -1.64. The van der Waals surface area contributed by atoms with Crippen molar-refractivity contribution in [3.8, 4) is 0 Å². The molecule has 0 spiro atoms. The van der Waals surface area contributed by atoms with E-state index in [-0.39, 0.29) is 0 Å². The van der Waals surface area contributed by atoms with Crippen molar-refractivity contribution in [2.75, 3.05) is 20.3 Å². The molecular formula is C8H17NO6. The summed E-state index contributed by atoms with van der Waals surface area (Å²) in [5.41, 5.74) is 3.89. The molecule has 0 aromatic carbocycles. The van der Waals surface area contributed by atoms with Gasteiger partial charge in [-0.1, -0.05) is 0 Å². The van der Waals surface area contributed by atoms with Gasteiger partial charge in [-0.05, 0) is 0 Å². The summed E-state index contributed by atoms with van der Waals surface area (Å²) in [4.78, 5) is 0. The fraction of sp³-hybridized carbons (Fsp3) is 1.00. The van der Waals surface area contributed by atoms with E-state index < -0.39 is 43.4 Å². The number of aliphatic hydroxyl groups excluding tert-OH is 4. The molecule has 0 saturated carbocycles. The third kappa shape index (κ3) is 2.00. The van der Waals surface area contributed by atoms with Crippen LogP contribution in [0.4, 0.5) is 0 Å². The molecule has 0 amide bonds. The first-order chi connectivity index (χ1) is 7.02. The zero-order valence-corrected chi connectivity index (χ0v) is 8.41. The molecule has 1 aliphatic heterocycles. The summed E-state index contributed by atoms with van der Waals surface area (Å²) in [6.45, 7) is -1.29. The number of nitrogens with two attached hydrogens (primary N) is 1. The number of hydrogen-bond donors (Lipinski definition) is 5. The lowest BCUT2D eigenvalue weighted by atomic mass is 9.87. The Morgan fingerprint density at radius 2 is 1.87 bits per heavy atom. The van der Waals surface area contributed by atoms with Crippen LogP contribution in [0, 0.1) is 0 Å². The summed E-state index contributed by atoms with van der Waals surface area (Å²) in [6.07, 6.45) is -3.78. The quantitative estimate of drug-likeness (QED) is 0.340. The highest BCUT2D eigenvalue weighted by Crippen LogP contribution is 2.28. The van der Waals surface area contributed by atoms with E-state index in [1.54, 1.807) is 0 Å². The predicted octanol–water partition coefficient (Wildman–Crippen LogP) is -3.24. The molecule has 4 atom stereocenters. The molecule has 0 unspecified atom stereocenters. The van der Waals surface area contributed by atoms with E-state index in [1.165, 1.54) is 7.11 Å². The molecule has 1 fully saturated rings. The molecule has 7 nitrogen and oxygen atoms in total. The van der Waals surface area contributed by atoms with Gasteiger partial charge in [-0.25, -0.2) is 0 Å². The molecule has 1 aliphatic rings. The number of aliphatic hydroxyl groups is 4. The molecule has 1 rings (SSSR count). The van der Waals surface area contributed by atoms with Crippen molar-refractivity contribution in [3.63, 3.8) is 0 Å². The zero-order valence-electron chi connectivity index (χ0n) is 8.41. The Bertz CT molecular complexity index is 207. The molecule has 0 radical (unpaired) electrons. The van der Waals surface area contributed by atoms with E-state index in [2.05, 4.69) is 0 Å². The predicted molar refractivity (Wildman–Crippen MR) is 48.8 cm³/mol. The fourth-order valence-corrected chi connectivity index (χ4v) is 1.58. The molecule has 0 aliphatic carbocycles. The van der Waals surface area contributed by atoms with E-state index in [4.69, 9.17) is 25.4 Å². The summed E-state index contributed by atoms with van der Waals surface area (Å²) in [6, 6.07) is -0.934. The molecule has 0 aromatic heterocycles. The van der Waals surface area contributed by atoms with Crippen LogP contribution in [0.5, 0.6) is 0 Å². The van der Waals surface area contributed by atoms with Crippen LogP contribution >= 0.6 is 0 Å². The fourth-order valence-electron chi connectivity index (χ4n) is 1.58. The molecule has 1 saturated heterocycles. The second-order valence-electron chi connectivity index (χ2n) is 3.62. The SMILES string of the molecule is CO[C@@H]1OC(CO)(CO)[C@H](O)[C@H](O)[C@H]1N. The van der Waals surface area contributed by atoms with Gasteiger partial charge in [0.2, 0.25) is 0 Å². The lowest BCUT2D eigenvalue weighted by Crippen LogP contribution is -2.69. The standard InChI is InChI=1S/C8H17NO6/c1-14-7-4(9)5(12)6(13)8(2-10,3-11)15-7/h4-7,10-13H,2-3,9H2,1H3/t4-,5-,6-,7-/m1/s1. The second-order valence-corrected chi connectivity index (χ2v) is 3.62. The summed E-state index contributed by atoms with van der Waals surface area (Å²) in [5, 5.41) is 37.4. The Morgan fingerprint density at radius 1 is 1.33 bits per heavy atom. The molecule has 7 heteroatoms. The van der Waals surface area contributed by atoms with Gasteiger partial charge in [0.15, 0.2) is 6.29 Å². The molecule has 6 N–H and O–H groups in total. The van der Waals surface area contributed by atoms with Crippen LogP contribution < -0.4 is 5.73 Å². The normalized spacial score (nSPS) is 40.4. The molecule has 90 valence electrons. The van der Waals surface area contributed by atoms with E-state index in [0.717, 1.165) is 0 Å². The summed E-state index contributed by atoms with van der Waals surface area (Å²) in [5.74, 6) is 0. The highest BCUT2D eigenvalue weighted by atomic mass is 16.7. The van der Waals surface area contributed by atoms with Gasteiger partial charge in [0, 0.05) is 7.11 Å². The number of methoxy groups -OCH3 is 1. The molecule has 15 heavy (non-hydrogen) atoms. The van der Waals surface area contributed by atoms with E-state index in [0.29, 0.717) is 0 Å². The van der Waals surface area contributed by atoms with Gasteiger partial charge in [-0.2, -0.15) is 0 Å². The minimum absolute atomic E-state index is 0.645. The van der Waals surface area contributed by atoms with E-state index in [1.807, 2.05) is 0 Å². The van der Waals surface area contributed by atoms with Crippen molar-refractivity contribution >= 4 is 0 Å². The summed E-state index contributed by atoms with van der Waals surface area (Å²) < 4.78 is 10.00. The summed E-state index contributed by atoms with van der Waals surface area (Å²) in [7, 11) is 1.31. The number of hydrogen-bond acceptors (Lipinski definition) is 7. The van der Waals surface area contributed by atoms with Crippen LogP contribution in [-0.2, 0) is 9.47 Å². The first-order valence-corrected chi connectivity index (χ1v) is 4.56. The molecule has 0 bridgehead atoms. The Labute approximate surface area is 87.0 Å². The van der Waals surface area contributed by atoms with Crippen molar-refractivity contribution < 1.29 is 29.9 Å². The third-order valence-electron chi connectivity index (χ3n) is 2.69. The van der Waals surface area contributed by atoms with Crippen molar-refractivity contribution in [1.82, 2.24) is 0 Å². The van der Waals surface area contributed by atoms with Crippen LogP contribution in [0.3, 0.4) is 0 Å². The summed E-state index contributed by atoms with van der Waals surface area (Å²) >= 11 is 0. The second kappa shape index (κ2) is 4.71. The lowest BCUT2D eigenvalue weighted by Gasteiger charge is -2.47. The highest BCUT2D eigenvalue weighted by Gasteiger charge is 2.52. The van der Waals surface area contributed by atoms with Crippen molar-refractivity contribution in [2.45, 2.75) is 30.1 Å². The van der Waals surface area contributed by atoms with Gasteiger partial charge in [-0.15, -0.1) is 0 Å². The van der Waals surface area contributed by atoms with E-state index in [9.17, 15) is 10.2 Å². The molecular weight excluding hydrogens is 206 g/mol. The van der Waals surface area contributed by atoms with Crippen molar-refractivity contribution in [2.24, 2.45) is 5.73 Å². The average molecular weight is 223 g/mol. The van der Waals surface area contributed by atoms with Crippen LogP contribution in [0.1, 0.15) is 0 Å². The number of ether oxygens (including phenoxy) is 2. The Kier molecular flexibility index (Phi) is 4.01. The maximum absolute atomic E-state index is 9.64. The van der Waals surface area contributed by atoms with Gasteiger partial charge < -0.3 is 35.6 Å². The van der Waals surface area contributed by atoms with Gasteiger partial charge in [0.05, 0.1) is 19.3 Å². The zero-order chi connectivity index (χ0) is 11.6. The maximum atomic E-state index is 9.64. The van der Waals surface area contributed by atoms with Crippen LogP contribution in [0.2, 0.25) is 0 Å². The van der Waals surface area contributed by atoms with Gasteiger partial charge in [0.1, 0.15) is 17.8 Å². The van der Waals surface area contributed by atoms with Gasteiger partial charge in [0.25, 0.3) is 0 Å². The van der Waals surface area contributed by atoms with Gasteiger partial charge in [-0.3, -0.25) is 0 Å². The highest BCUT2D eigenvalue weighted by molar-refractivity contribution is 5.01. The molecule has 0 aromatic rings. The molecule has 1 heterocycles. The Hall–Kier alpha value is -0.280. The van der Waals surface area contributed by atoms with E-state index >= 15 is 0 Å². The van der Waals surface area contributed by atoms with Crippen LogP contribution in [0.15, 0.2) is 0 Å².